The first-order chi connectivity index (χ1) is 13.4. The van der Waals surface area contributed by atoms with Gasteiger partial charge in [0.2, 0.25) is 0 Å². The molecule has 2 aromatic rings. The van der Waals surface area contributed by atoms with Crippen LogP contribution in [0, 0.1) is 5.82 Å². The number of halogens is 1. The monoisotopic (exact) mass is 407 g/mol. The van der Waals surface area contributed by atoms with Crippen molar-refractivity contribution in [2.45, 2.75) is 23.0 Å². The van der Waals surface area contributed by atoms with E-state index in [1.807, 2.05) is 0 Å². The molecule has 1 saturated heterocycles. The summed E-state index contributed by atoms with van der Waals surface area (Å²) in [7, 11) is -1.93. The number of sulfone groups is 1. The summed E-state index contributed by atoms with van der Waals surface area (Å²) in [4.78, 5) is 14.2. The highest BCUT2D eigenvalue weighted by atomic mass is 32.2. The lowest BCUT2D eigenvalue weighted by atomic mass is 10.1. The van der Waals surface area contributed by atoms with Gasteiger partial charge in [-0.2, -0.15) is 0 Å². The van der Waals surface area contributed by atoms with E-state index in [0.29, 0.717) is 37.4 Å². The topological polar surface area (TPSA) is 72.9 Å². The fourth-order valence-corrected chi connectivity index (χ4v) is 4.87. The van der Waals surface area contributed by atoms with Gasteiger partial charge in [-0.25, -0.2) is 12.8 Å². The van der Waals surface area contributed by atoms with E-state index in [2.05, 4.69) is 0 Å². The van der Waals surface area contributed by atoms with Gasteiger partial charge in [0.25, 0.3) is 5.91 Å². The van der Waals surface area contributed by atoms with Crippen LogP contribution in [0.4, 0.5) is 4.39 Å². The van der Waals surface area contributed by atoms with Gasteiger partial charge in [0, 0.05) is 13.1 Å². The van der Waals surface area contributed by atoms with E-state index in [0.717, 1.165) is 0 Å². The van der Waals surface area contributed by atoms with E-state index in [9.17, 15) is 17.6 Å². The van der Waals surface area contributed by atoms with Crippen LogP contribution in [-0.4, -0.2) is 51.3 Å². The molecule has 1 heterocycles. The maximum Gasteiger partial charge on any atom is 0.260 e. The Bertz CT molecular complexity index is 905. The number of piperidine rings is 1. The molecular formula is C20H22FNO5S. The lowest BCUT2D eigenvalue weighted by molar-refractivity contribution is -0.134. The second-order valence-corrected chi connectivity index (χ2v) is 8.77. The minimum Gasteiger partial charge on any atom is -0.497 e. The van der Waals surface area contributed by atoms with Crippen molar-refractivity contribution in [3.05, 3.63) is 54.3 Å². The van der Waals surface area contributed by atoms with Gasteiger partial charge in [0.1, 0.15) is 17.3 Å². The van der Waals surface area contributed by atoms with Crippen LogP contribution in [0.2, 0.25) is 0 Å². The zero-order valence-electron chi connectivity index (χ0n) is 15.5. The third-order valence-electron chi connectivity index (χ3n) is 4.80. The molecule has 1 amide bonds. The first-order valence-electron chi connectivity index (χ1n) is 8.94. The summed E-state index contributed by atoms with van der Waals surface area (Å²) >= 11 is 0. The van der Waals surface area contributed by atoms with Crippen LogP contribution >= 0.6 is 0 Å². The van der Waals surface area contributed by atoms with Gasteiger partial charge < -0.3 is 14.4 Å². The smallest absolute Gasteiger partial charge is 0.260 e. The molecule has 6 nitrogen and oxygen atoms in total. The Kier molecular flexibility index (Phi) is 6.18. The average Bonchev–Trinajstić information content (AvgIpc) is 2.73. The van der Waals surface area contributed by atoms with Crippen LogP contribution in [0.25, 0.3) is 0 Å². The number of hydrogen-bond acceptors (Lipinski definition) is 5. The third-order valence-corrected chi connectivity index (χ3v) is 7.08. The Labute approximate surface area is 163 Å². The van der Waals surface area contributed by atoms with Crippen molar-refractivity contribution in [1.82, 2.24) is 4.90 Å². The van der Waals surface area contributed by atoms with Gasteiger partial charge in [0.05, 0.1) is 17.3 Å². The molecule has 1 aliphatic heterocycles. The second-order valence-electron chi connectivity index (χ2n) is 6.54. The van der Waals surface area contributed by atoms with Crippen molar-refractivity contribution in [3.63, 3.8) is 0 Å². The van der Waals surface area contributed by atoms with Gasteiger partial charge in [-0.15, -0.1) is 0 Å². The van der Waals surface area contributed by atoms with Crippen molar-refractivity contribution in [2.24, 2.45) is 0 Å². The first-order valence-corrected chi connectivity index (χ1v) is 10.5. The average molecular weight is 407 g/mol. The Morgan fingerprint density at radius 2 is 1.61 bits per heavy atom. The number of methoxy groups -OCH3 is 1. The van der Waals surface area contributed by atoms with Crippen LogP contribution in [0.3, 0.4) is 0 Å². The van der Waals surface area contributed by atoms with E-state index in [-0.39, 0.29) is 23.2 Å². The lowest BCUT2D eigenvalue weighted by Crippen LogP contribution is -2.44. The molecule has 0 aliphatic carbocycles. The summed E-state index contributed by atoms with van der Waals surface area (Å²) in [6.07, 6.45) is 0.743. The number of benzene rings is 2. The summed E-state index contributed by atoms with van der Waals surface area (Å²) in [5, 5.41) is -0.525. The standard InChI is InChI=1S/C20H22FNO5S/c1-26-16-6-8-18(9-7-16)28(24,25)19-10-12-22(13-11-19)20(23)14-27-17-4-2-15(21)3-5-17/h2-9,19H,10-14H2,1H3. The molecule has 0 saturated carbocycles. The molecule has 2 aromatic carbocycles. The van der Waals surface area contributed by atoms with E-state index >= 15 is 0 Å². The van der Waals surface area contributed by atoms with Crippen LogP contribution < -0.4 is 9.47 Å². The molecule has 28 heavy (non-hydrogen) atoms. The summed E-state index contributed by atoms with van der Waals surface area (Å²) in [6.45, 7) is 0.541. The van der Waals surface area contributed by atoms with Gasteiger partial charge in [-0.05, 0) is 61.4 Å². The molecule has 3 rings (SSSR count). The number of likely N-dealkylation sites (tertiary alicyclic amines) is 1. The maximum atomic E-state index is 12.9. The van der Waals surface area contributed by atoms with E-state index in [1.54, 1.807) is 29.2 Å². The molecule has 1 fully saturated rings. The minimum absolute atomic E-state index is 0.165. The largest absolute Gasteiger partial charge is 0.497 e. The van der Waals surface area contributed by atoms with Gasteiger partial charge >= 0.3 is 0 Å². The van der Waals surface area contributed by atoms with Gasteiger partial charge in [-0.3, -0.25) is 4.79 Å². The van der Waals surface area contributed by atoms with Crippen molar-refractivity contribution in [2.75, 3.05) is 26.8 Å². The van der Waals surface area contributed by atoms with E-state index in [1.165, 1.54) is 31.4 Å². The number of amides is 1. The summed E-state index contributed by atoms with van der Waals surface area (Å²) in [5.41, 5.74) is 0. The van der Waals surface area contributed by atoms with Gasteiger partial charge in [0.15, 0.2) is 16.4 Å². The van der Waals surface area contributed by atoms with Crippen molar-refractivity contribution in [3.8, 4) is 11.5 Å². The Morgan fingerprint density at radius 1 is 1.04 bits per heavy atom. The Balaban J connectivity index is 1.54. The zero-order valence-corrected chi connectivity index (χ0v) is 16.3. The normalized spacial score (nSPS) is 15.3. The zero-order chi connectivity index (χ0) is 20.1. The van der Waals surface area contributed by atoms with Crippen molar-refractivity contribution >= 4 is 15.7 Å². The molecule has 0 atom stereocenters. The Hall–Kier alpha value is -2.61. The maximum absolute atomic E-state index is 12.9. The lowest BCUT2D eigenvalue weighted by Gasteiger charge is -2.31. The number of carbonyl (C=O) groups excluding carboxylic acids is 1. The van der Waals surface area contributed by atoms with E-state index < -0.39 is 15.1 Å². The molecule has 0 spiro atoms. The number of carbonyl (C=O) groups is 1. The molecule has 0 N–H and O–H groups in total. The van der Waals surface area contributed by atoms with Crippen molar-refractivity contribution < 1.29 is 27.1 Å². The minimum atomic E-state index is -3.46. The number of nitrogens with zero attached hydrogens (tertiary/aromatic N) is 1. The molecule has 0 aromatic heterocycles. The second kappa shape index (κ2) is 8.60. The number of rotatable bonds is 6. The molecule has 1 aliphatic rings. The molecular weight excluding hydrogens is 385 g/mol. The first kappa shape index (κ1) is 20.1. The SMILES string of the molecule is COc1ccc(S(=O)(=O)C2CCN(C(=O)COc3ccc(F)cc3)CC2)cc1. The predicted octanol–water partition coefficient (Wildman–Crippen LogP) is 2.68. The molecule has 0 radical (unpaired) electrons. The summed E-state index contributed by atoms with van der Waals surface area (Å²) in [6, 6.07) is 11.8. The fourth-order valence-electron chi connectivity index (χ4n) is 3.14. The summed E-state index contributed by atoms with van der Waals surface area (Å²) < 4.78 is 48.9. The van der Waals surface area contributed by atoms with Crippen LogP contribution in [0.5, 0.6) is 11.5 Å². The number of ether oxygens (including phenoxy) is 2. The third kappa shape index (κ3) is 4.62. The molecule has 0 bridgehead atoms. The fraction of sp³-hybridized carbons (Fsp3) is 0.350. The molecule has 150 valence electrons. The number of hydrogen-bond donors (Lipinski definition) is 0. The highest BCUT2D eigenvalue weighted by Crippen LogP contribution is 2.26. The quantitative estimate of drug-likeness (QED) is 0.736. The van der Waals surface area contributed by atoms with Gasteiger partial charge in [-0.1, -0.05) is 0 Å². The van der Waals surface area contributed by atoms with Crippen molar-refractivity contribution in [1.29, 1.82) is 0 Å². The Morgan fingerprint density at radius 3 is 2.18 bits per heavy atom. The summed E-state index contributed by atoms with van der Waals surface area (Å²) in [5.74, 6) is 0.413. The highest BCUT2D eigenvalue weighted by molar-refractivity contribution is 7.92. The predicted molar refractivity (Wildman–Crippen MR) is 102 cm³/mol. The highest BCUT2D eigenvalue weighted by Gasteiger charge is 2.32. The van der Waals surface area contributed by atoms with Crippen LogP contribution in [0.1, 0.15) is 12.8 Å². The molecule has 8 heteroatoms. The van der Waals surface area contributed by atoms with E-state index in [4.69, 9.17) is 9.47 Å². The van der Waals surface area contributed by atoms with Crippen LogP contribution in [0.15, 0.2) is 53.4 Å². The molecule has 0 unspecified atom stereocenters. The van der Waals surface area contributed by atoms with Crippen LogP contribution in [-0.2, 0) is 14.6 Å².